The molecule has 0 fully saturated rings. The smallest absolute Gasteiger partial charge is 0.101 e. The Bertz CT molecular complexity index is 524. The van der Waals surface area contributed by atoms with Gasteiger partial charge in [-0.05, 0) is 5.56 Å². The van der Waals surface area contributed by atoms with Crippen LogP contribution in [0.2, 0.25) is 0 Å². The third-order valence-electron chi connectivity index (χ3n) is 2.69. The van der Waals surface area contributed by atoms with Gasteiger partial charge in [-0.3, -0.25) is 4.68 Å². The quantitative estimate of drug-likeness (QED) is 0.927. The predicted molar refractivity (Wildman–Crippen MR) is 72.7 cm³/mol. The standard InChI is InChI=1S/C13H19N3OS/c1-13(2,3)12-15-10(8-18-12)11(17)5-9-6-14-16(4)7-9/h6-8,11,17H,5H2,1-4H3. The lowest BCUT2D eigenvalue weighted by molar-refractivity contribution is 0.174. The molecule has 4 nitrogen and oxygen atoms in total. The summed E-state index contributed by atoms with van der Waals surface area (Å²) in [6.07, 6.45) is 3.70. The summed E-state index contributed by atoms with van der Waals surface area (Å²) >= 11 is 1.61. The second-order valence-corrected chi connectivity index (χ2v) is 6.43. The highest BCUT2D eigenvalue weighted by Gasteiger charge is 2.20. The number of hydrogen-bond acceptors (Lipinski definition) is 4. The SMILES string of the molecule is Cn1cc(CC(O)c2csc(C(C)(C)C)n2)cn1. The fraction of sp³-hybridized carbons (Fsp3) is 0.538. The molecule has 18 heavy (non-hydrogen) atoms. The number of aromatic nitrogens is 3. The van der Waals surface area contributed by atoms with Gasteiger partial charge in [0.1, 0.15) is 6.10 Å². The first-order chi connectivity index (χ1) is 8.36. The summed E-state index contributed by atoms with van der Waals surface area (Å²) in [7, 11) is 1.87. The van der Waals surface area contributed by atoms with Crippen molar-refractivity contribution in [3.05, 3.63) is 34.0 Å². The molecular weight excluding hydrogens is 246 g/mol. The van der Waals surface area contributed by atoms with Crippen molar-refractivity contribution in [2.75, 3.05) is 0 Å². The second kappa shape index (κ2) is 4.82. The highest BCUT2D eigenvalue weighted by molar-refractivity contribution is 7.09. The van der Waals surface area contributed by atoms with Crippen LogP contribution < -0.4 is 0 Å². The zero-order valence-corrected chi connectivity index (χ0v) is 12.0. The van der Waals surface area contributed by atoms with E-state index in [1.54, 1.807) is 22.2 Å². The van der Waals surface area contributed by atoms with Crippen molar-refractivity contribution in [1.29, 1.82) is 0 Å². The molecule has 0 saturated carbocycles. The van der Waals surface area contributed by atoms with Crippen molar-refractivity contribution >= 4 is 11.3 Å². The van der Waals surface area contributed by atoms with E-state index in [9.17, 15) is 5.11 Å². The average molecular weight is 265 g/mol. The van der Waals surface area contributed by atoms with Gasteiger partial charge in [0.2, 0.25) is 0 Å². The van der Waals surface area contributed by atoms with Crippen LogP contribution in [-0.4, -0.2) is 19.9 Å². The van der Waals surface area contributed by atoms with Crippen LogP contribution in [0.15, 0.2) is 17.8 Å². The highest BCUT2D eigenvalue weighted by atomic mass is 32.1. The van der Waals surface area contributed by atoms with Gasteiger partial charge in [0.05, 0.1) is 16.9 Å². The molecular formula is C13H19N3OS. The molecule has 2 aromatic heterocycles. The summed E-state index contributed by atoms with van der Waals surface area (Å²) in [5.74, 6) is 0. The minimum Gasteiger partial charge on any atom is -0.386 e. The molecule has 0 aliphatic rings. The van der Waals surface area contributed by atoms with E-state index in [1.165, 1.54) is 0 Å². The zero-order chi connectivity index (χ0) is 13.3. The first-order valence-corrected chi connectivity index (χ1v) is 6.86. The molecule has 2 rings (SSSR count). The summed E-state index contributed by atoms with van der Waals surface area (Å²) in [6.45, 7) is 6.38. The minimum absolute atomic E-state index is 0.0386. The van der Waals surface area contributed by atoms with E-state index < -0.39 is 6.10 Å². The fourth-order valence-electron chi connectivity index (χ4n) is 1.69. The van der Waals surface area contributed by atoms with E-state index >= 15 is 0 Å². The fourth-order valence-corrected chi connectivity index (χ4v) is 2.64. The molecule has 0 amide bonds. The molecule has 0 radical (unpaired) electrons. The van der Waals surface area contributed by atoms with Gasteiger partial charge in [-0.15, -0.1) is 11.3 Å². The molecule has 0 bridgehead atoms. The Morgan fingerprint density at radius 2 is 2.17 bits per heavy atom. The maximum atomic E-state index is 10.2. The van der Waals surface area contributed by atoms with Crippen molar-refractivity contribution in [1.82, 2.24) is 14.8 Å². The lowest BCUT2D eigenvalue weighted by Crippen LogP contribution is -2.11. The Morgan fingerprint density at radius 1 is 1.44 bits per heavy atom. The summed E-state index contributed by atoms with van der Waals surface area (Å²) in [5.41, 5.74) is 1.82. The minimum atomic E-state index is -0.554. The number of nitrogens with zero attached hydrogens (tertiary/aromatic N) is 3. The van der Waals surface area contributed by atoms with Gasteiger partial charge in [-0.2, -0.15) is 5.10 Å². The molecule has 1 N–H and O–H groups in total. The third kappa shape index (κ3) is 2.97. The Morgan fingerprint density at radius 3 is 2.67 bits per heavy atom. The van der Waals surface area contributed by atoms with Gasteiger partial charge < -0.3 is 5.11 Å². The normalized spacial score (nSPS) is 13.8. The summed E-state index contributed by atoms with van der Waals surface area (Å²) < 4.78 is 1.74. The second-order valence-electron chi connectivity index (χ2n) is 5.57. The van der Waals surface area contributed by atoms with Crippen LogP contribution in [0, 0.1) is 0 Å². The predicted octanol–water partition coefficient (Wildman–Crippen LogP) is 2.45. The lowest BCUT2D eigenvalue weighted by Gasteiger charge is -2.14. The van der Waals surface area contributed by atoms with E-state index in [4.69, 9.17) is 0 Å². The molecule has 1 atom stereocenters. The van der Waals surface area contributed by atoms with Gasteiger partial charge >= 0.3 is 0 Å². The molecule has 2 heterocycles. The first-order valence-electron chi connectivity index (χ1n) is 5.98. The molecule has 2 aromatic rings. The summed E-state index contributed by atoms with van der Waals surface area (Å²) in [6, 6.07) is 0. The maximum Gasteiger partial charge on any atom is 0.101 e. The van der Waals surface area contributed by atoms with Crippen LogP contribution in [0.3, 0.4) is 0 Å². The van der Waals surface area contributed by atoms with Gasteiger partial charge in [-0.25, -0.2) is 4.98 Å². The van der Waals surface area contributed by atoms with E-state index in [0.29, 0.717) is 6.42 Å². The average Bonchev–Trinajstić information content (AvgIpc) is 2.85. The molecule has 0 saturated heterocycles. The number of aryl methyl sites for hydroxylation is 1. The highest BCUT2D eigenvalue weighted by Crippen LogP contribution is 2.28. The van der Waals surface area contributed by atoms with Crippen molar-refractivity contribution in [2.45, 2.75) is 38.7 Å². The molecule has 1 unspecified atom stereocenters. The number of thiazole rings is 1. The molecule has 0 aliphatic carbocycles. The monoisotopic (exact) mass is 265 g/mol. The van der Waals surface area contributed by atoms with Gasteiger partial charge in [-0.1, -0.05) is 20.8 Å². The summed E-state index contributed by atoms with van der Waals surface area (Å²) in [5, 5.41) is 17.3. The Labute approximate surface area is 111 Å². The number of rotatable bonds is 3. The van der Waals surface area contributed by atoms with Crippen LogP contribution >= 0.6 is 11.3 Å². The third-order valence-corrected chi connectivity index (χ3v) is 3.98. The Kier molecular flexibility index (Phi) is 3.54. The maximum absolute atomic E-state index is 10.2. The van der Waals surface area contributed by atoms with Crippen LogP contribution in [-0.2, 0) is 18.9 Å². The molecule has 5 heteroatoms. The number of hydrogen-bond donors (Lipinski definition) is 1. The first kappa shape index (κ1) is 13.2. The van der Waals surface area contributed by atoms with Gasteiger partial charge in [0.15, 0.2) is 0 Å². The van der Waals surface area contributed by atoms with Crippen LogP contribution in [0.5, 0.6) is 0 Å². The molecule has 98 valence electrons. The van der Waals surface area contributed by atoms with Crippen LogP contribution in [0.25, 0.3) is 0 Å². The van der Waals surface area contributed by atoms with E-state index in [-0.39, 0.29) is 5.41 Å². The van der Waals surface area contributed by atoms with Gasteiger partial charge in [0, 0.05) is 30.5 Å². The van der Waals surface area contributed by atoms with Gasteiger partial charge in [0.25, 0.3) is 0 Å². The van der Waals surface area contributed by atoms with E-state index in [0.717, 1.165) is 16.3 Å². The number of aliphatic hydroxyl groups is 1. The van der Waals surface area contributed by atoms with Crippen molar-refractivity contribution in [2.24, 2.45) is 7.05 Å². The molecule has 0 aromatic carbocycles. The van der Waals surface area contributed by atoms with Crippen LogP contribution in [0.4, 0.5) is 0 Å². The Balaban J connectivity index is 2.09. The van der Waals surface area contributed by atoms with Crippen molar-refractivity contribution in [3.8, 4) is 0 Å². The largest absolute Gasteiger partial charge is 0.386 e. The number of aliphatic hydroxyl groups excluding tert-OH is 1. The lowest BCUT2D eigenvalue weighted by atomic mass is 9.98. The van der Waals surface area contributed by atoms with Crippen molar-refractivity contribution < 1.29 is 5.11 Å². The topological polar surface area (TPSA) is 50.9 Å². The van der Waals surface area contributed by atoms with E-state index in [1.807, 2.05) is 18.6 Å². The Hall–Kier alpha value is -1.20. The summed E-state index contributed by atoms with van der Waals surface area (Å²) in [4.78, 5) is 4.53. The van der Waals surface area contributed by atoms with Crippen LogP contribution in [0.1, 0.15) is 43.1 Å². The molecule has 0 spiro atoms. The van der Waals surface area contributed by atoms with Crippen molar-refractivity contribution in [3.63, 3.8) is 0 Å². The van der Waals surface area contributed by atoms with E-state index in [2.05, 4.69) is 30.9 Å². The zero-order valence-electron chi connectivity index (χ0n) is 11.2. The molecule has 0 aliphatic heterocycles.